The van der Waals surface area contributed by atoms with Crippen LogP contribution in [0.4, 0.5) is 9.80 Å². The number of carbonyl (C=O) groups is 1. The minimum Gasteiger partial charge on any atom is -0.464 e. The summed E-state index contributed by atoms with van der Waals surface area (Å²) in [6, 6.07) is 6.76. The van der Waals surface area contributed by atoms with E-state index in [-0.39, 0.29) is 12.6 Å². The molecule has 2 amide bonds. The molecule has 0 unspecified atom stereocenters. The molecule has 2 rings (SSSR count). The van der Waals surface area contributed by atoms with Gasteiger partial charge in [0.2, 0.25) is 0 Å². The lowest BCUT2D eigenvalue weighted by atomic mass is 10.3. The number of hydrogen-bond donors (Lipinski definition) is 3. The fourth-order valence-corrected chi connectivity index (χ4v) is 2.04. The van der Waals surface area contributed by atoms with Crippen molar-refractivity contribution in [2.45, 2.75) is 13.0 Å². The van der Waals surface area contributed by atoms with Crippen molar-refractivity contribution in [3.63, 3.8) is 0 Å². The van der Waals surface area contributed by atoms with Gasteiger partial charge in [0.25, 0.3) is 0 Å². The molecule has 2 aromatic rings. The number of nitrogens with one attached hydrogen (secondary N) is 2. The van der Waals surface area contributed by atoms with Crippen LogP contribution in [0.5, 0.6) is 0 Å². The molecule has 18 heavy (non-hydrogen) atoms. The number of amides is 2. The third kappa shape index (κ3) is 3.35. The summed E-state index contributed by atoms with van der Waals surface area (Å²) in [5.74, 6) is 1.18. The molecular weight excluding hydrogens is 252 g/mol. The van der Waals surface area contributed by atoms with E-state index in [0.29, 0.717) is 5.76 Å². The van der Waals surface area contributed by atoms with Crippen LogP contribution in [-0.2, 0) is 0 Å². The molecule has 0 aromatic carbocycles. The molecule has 0 spiro atoms. The summed E-state index contributed by atoms with van der Waals surface area (Å²) in [6.07, 6.45) is -0.840. The highest BCUT2D eigenvalue weighted by molar-refractivity contribution is 7.14. The van der Waals surface area contributed by atoms with Crippen LogP contribution in [-0.4, -0.2) is 17.7 Å². The van der Waals surface area contributed by atoms with Crippen LogP contribution < -0.4 is 10.6 Å². The molecule has 0 radical (unpaired) electrons. The number of aryl methyl sites for hydroxylation is 1. The summed E-state index contributed by atoms with van der Waals surface area (Å²) < 4.78 is 5.26. The van der Waals surface area contributed by atoms with Gasteiger partial charge in [-0.1, -0.05) is 0 Å². The summed E-state index contributed by atoms with van der Waals surface area (Å²) >= 11 is 1.43. The summed E-state index contributed by atoms with van der Waals surface area (Å²) in [5.41, 5.74) is 0. The van der Waals surface area contributed by atoms with E-state index in [1.165, 1.54) is 11.3 Å². The number of furan rings is 1. The van der Waals surface area contributed by atoms with Gasteiger partial charge >= 0.3 is 6.03 Å². The van der Waals surface area contributed by atoms with Gasteiger partial charge in [-0.3, -0.25) is 5.32 Å². The van der Waals surface area contributed by atoms with Crippen molar-refractivity contribution in [1.82, 2.24) is 5.32 Å². The first kappa shape index (κ1) is 12.7. The molecular formula is C12H14N2O3S. The Morgan fingerprint density at radius 3 is 2.94 bits per heavy atom. The number of anilines is 1. The van der Waals surface area contributed by atoms with Crippen LogP contribution >= 0.6 is 11.3 Å². The number of carbonyl (C=O) groups excluding carboxylic acids is 1. The van der Waals surface area contributed by atoms with Crippen molar-refractivity contribution >= 4 is 22.4 Å². The highest BCUT2D eigenvalue weighted by atomic mass is 32.1. The van der Waals surface area contributed by atoms with Crippen LogP contribution in [0.3, 0.4) is 0 Å². The Balaban J connectivity index is 1.79. The zero-order chi connectivity index (χ0) is 13.0. The molecule has 0 saturated heterocycles. The molecule has 3 N–H and O–H groups in total. The molecule has 0 fully saturated rings. The van der Waals surface area contributed by atoms with E-state index in [2.05, 4.69) is 10.6 Å². The zero-order valence-corrected chi connectivity index (χ0v) is 10.7. The Labute approximate surface area is 108 Å². The first-order chi connectivity index (χ1) is 8.65. The summed E-state index contributed by atoms with van der Waals surface area (Å²) in [5, 5.41) is 17.6. The fourth-order valence-electron chi connectivity index (χ4n) is 1.43. The minimum absolute atomic E-state index is 0.101. The Morgan fingerprint density at radius 1 is 1.50 bits per heavy atom. The average molecular weight is 266 g/mol. The van der Waals surface area contributed by atoms with Crippen LogP contribution in [0.1, 0.15) is 17.6 Å². The van der Waals surface area contributed by atoms with E-state index in [9.17, 15) is 9.90 Å². The van der Waals surface area contributed by atoms with Gasteiger partial charge in [-0.2, -0.15) is 0 Å². The number of urea groups is 1. The maximum Gasteiger partial charge on any atom is 0.319 e. The molecule has 2 heterocycles. The highest BCUT2D eigenvalue weighted by Gasteiger charge is 2.12. The van der Waals surface area contributed by atoms with Gasteiger partial charge in [0.05, 0.1) is 11.5 Å². The van der Waals surface area contributed by atoms with Gasteiger partial charge in [-0.25, -0.2) is 4.79 Å². The second-order valence-corrected chi connectivity index (χ2v) is 4.72. The first-order valence-electron chi connectivity index (χ1n) is 5.48. The minimum atomic E-state index is -0.840. The van der Waals surface area contributed by atoms with Crippen molar-refractivity contribution in [2.75, 3.05) is 11.9 Å². The van der Waals surface area contributed by atoms with Gasteiger partial charge in [0.1, 0.15) is 17.6 Å². The maximum atomic E-state index is 11.5. The topological polar surface area (TPSA) is 74.5 Å². The van der Waals surface area contributed by atoms with E-state index in [0.717, 1.165) is 10.8 Å². The van der Waals surface area contributed by atoms with Crippen LogP contribution in [0.25, 0.3) is 0 Å². The number of aliphatic hydroxyl groups is 1. The van der Waals surface area contributed by atoms with E-state index < -0.39 is 6.10 Å². The van der Waals surface area contributed by atoms with E-state index >= 15 is 0 Å². The molecule has 0 aliphatic carbocycles. The average Bonchev–Trinajstić information content (AvgIpc) is 2.97. The maximum absolute atomic E-state index is 11.5. The molecule has 96 valence electrons. The Morgan fingerprint density at radius 2 is 2.33 bits per heavy atom. The fraction of sp³-hybridized carbons (Fsp3) is 0.250. The predicted octanol–water partition coefficient (Wildman–Crippen LogP) is 2.50. The van der Waals surface area contributed by atoms with Crippen LogP contribution in [0.2, 0.25) is 0 Å². The van der Waals surface area contributed by atoms with Crippen LogP contribution in [0.15, 0.2) is 34.1 Å². The Bertz CT molecular complexity index is 507. The summed E-state index contributed by atoms with van der Waals surface area (Å²) in [6.45, 7) is 1.90. The lowest BCUT2D eigenvalue weighted by molar-refractivity contribution is 0.148. The second-order valence-electron chi connectivity index (χ2n) is 3.78. The van der Waals surface area contributed by atoms with Gasteiger partial charge in [-0.15, -0.1) is 11.3 Å². The zero-order valence-electron chi connectivity index (χ0n) is 9.84. The van der Waals surface area contributed by atoms with Crippen LogP contribution in [0, 0.1) is 6.92 Å². The molecule has 1 atom stereocenters. The standard InChI is InChI=1S/C12H14N2O3S/c1-8-4-5-10(17-8)9(15)7-13-12(16)14-11-3-2-6-18-11/h2-6,9,15H,7H2,1H3,(H2,13,14,16)/t9-/m1/s1. The lowest BCUT2D eigenvalue weighted by Gasteiger charge is -2.09. The number of aliphatic hydroxyl groups excluding tert-OH is 1. The van der Waals surface area contributed by atoms with Gasteiger partial charge in [0, 0.05) is 0 Å². The summed E-state index contributed by atoms with van der Waals surface area (Å²) in [7, 11) is 0. The third-order valence-corrected chi connectivity index (χ3v) is 3.09. The predicted molar refractivity (Wildman–Crippen MR) is 69.7 cm³/mol. The number of thiophene rings is 1. The third-order valence-electron chi connectivity index (χ3n) is 2.30. The molecule has 0 saturated carbocycles. The van der Waals surface area contributed by atoms with Crippen molar-refractivity contribution < 1.29 is 14.3 Å². The molecule has 6 heteroatoms. The van der Waals surface area contributed by atoms with Gasteiger partial charge in [0.15, 0.2) is 0 Å². The largest absolute Gasteiger partial charge is 0.464 e. The van der Waals surface area contributed by atoms with Gasteiger partial charge < -0.3 is 14.8 Å². The number of hydrogen-bond acceptors (Lipinski definition) is 4. The lowest BCUT2D eigenvalue weighted by Crippen LogP contribution is -2.32. The molecule has 0 aliphatic rings. The highest BCUT2D eigenvalue weighted by Crippen LogP contribution is 2.16. The molecule has 5 nitrogen and oxygen atoms in total. The van der Waals surface area contributed by atoms with Crippen molar-refractivity contribution in [3.05, 3.63) is 41.2 Å². The quantitative estimate of drug-likeness (QED) is 0.796. The normalized spacial score (nSPS) is 12.1. The van der Waals surface area contributed by atoms with Crippen molar-refractivity contribution in [2.24, 2.45) is 0 Å². The molecule has 2 aromatic heterocycles. The monoisotopic (exact) mass is 266 g/mol. The van der Waals surface area contributed by atoms with Crippen molar-refractivity contribution in [1.29, 1.82) is 0 Å². The molecule has 0 aliphatic heterocycles. The first-order valence-corrected chi connectivity index (χ1v) is 6.36. The van der Waals surface area contributed by atoms with E-state index in [1.54, 1.807) is 25.1 Å². The summed E-state index contributed by atoms with van der Waals surface area (Å²) in [4.78, 5) is 11.5. The smallest absolute Gasteiger partial charge is 0.319 e. The number of rotatable bonds is 4. The SMILES string of the molecule is Cc1ccc([C@H](O)CNC(=O)Nc2cccs2)o1. The molecule has 0 bridgehead atoms. The van der Waals surface area contributed by atoms with E-state index in [4.69, 9.17) is 4.42 Å². The van der Waals surface area contributed by atoms with Crippen molar-refractivity contribution in [3.8, 4) is 0 Å². The van der Waals surface area contributed by atoms with E-state index in [1.807, 2.05) is 11.4 Å². The Kier molecular flexibility index (Phi) is 4.01. The Hall–Kier alpha value is -1.79. The second kappa shape index (κ2) is 5.70. The van der Waals surface area contributed by atoms with Gasteiger partial charge in [-0.05, 0) is 36.6 Å².